The Balaban J connectivity index is 2.17. The van der Waals surface area contributed by atoms with Gasteiger partial charge in [-0.15, -0.1) is 0 Å². The lowest BCUT2D eigenvalue weighted by Crippen LogP contribution is -2.30. The Morgan fingerprint density at radius 3 is 2.58 bits per heavy atom. The third-order valence-electron chi connectivity index (χ3n) is 3.80. The zero-order valence-electron chi connectivity index (χ0n) is 14.3. The van der Waals surface area contributed by atoms with Crippen LogP contribution >= 0.6 is 11.6 Å². The van der Waals surface area contributed by atoms with Crippen LogP contribution < -0.4 is 0 Å². The Bertz CT molecular complexity index is 835. The van der Waals surface area contributed by atoms with E-state index in [2.05, 4.69) is 10.2 Å². The summed E-state index contributed by atoms with van der Waals surface area (Å²) in [5.41, 5.74) is -1.35. The maximum atomic E-state index is 12.9. The van der Waals surface area contributed by atoms with Gasteiger partial charge in [0.25, 0.3) is 6.43 Å². The van der Waals surface area contributed by atoms with Crippen LogP contribution in [0.3, 0.4) is 0 Å². The van der Waals surface area contributed by atoms with Crippen molar-refractivity contribution in [2.75, 3.05) is 7.05 Å². The molecule has 0 aromatic carbocycles. The van der Waals surface area contributed by atoms with E-state index in [-0.39, 0.29) is 12.2 Å². The van der Waals surface area contributed by atoms with Crippen molar-refractivity contribution >= 4 is 23.2 Å². The molecule has 0 atom stereocenters. The van der Waals surface area contributed by atoms with Crippen molar-refractivity contribution in [1.82, 2.24) is 24.5 Å². The highest BCUT2D eigenvalue weighted by molar-refractivity contribution is 6.31. The van der Waals surface area contributed by atoms with Gasteiger partial charge in [-0.2, -0.15) is 10.2 Å². The molecular formula is C14H17ClF2N6O3. The largest absolute Gasteiger partial charge is 0.338 e. The molecule has 1 amide bonds. The molecule has 0 radical (unpaired) electrons. The summed E-state index contributed by atoms with van der Waals surface area (Å²) in [6.45, 7) is 3.46. The monoisotopic (exact) mass is 390 g/mol. The number of hydrogen-bond donors (Lipinski definition) is 0. The number of halogens is 3. The standard InChI is InChI=1S/C14H17ClF2N6O3/c1-4-21-5-9(15)10(18-21)6-20(3)11(24)7-22-8(2)13(23(25)26)12(19-22)14(16)17/h5,14H,4,6-7H2,1-3H3. The van der Waals surface area contributed by atoms with Crippen molar-refractivity contribution in [3.8, 4) is 0 Å². The van der Waals surface area contributed by atoms with E-state index in [1.54, 1.807) is 10.9 Å². The average molecular weight is 391 g/mol. The number of likely N-dealkylation sites (N-methyl/N-ethyl adjacent to an activating group) is 1. The maximum Gasteiger partial charge on any atom is 0.319 e. The zero-order valence-corrected chi connectivity index (χ0v) is 15.1. The number of rotatable bonds is 7. The molecule has 9 nitrogen and oxygen atoms in total. The van der Waals surface area contributed by atoms with Crippen molar-refractivity contribution in [3.05, 3.63) is 38.4 Å². The highest BCUT2D eigenvalue weighted by Crippen LogP contribution is 2.30. The van der Waals surface area contributed by atoms with Crippen molar-refractivity contribution in [2.45, 2.75) is 39.9 Å². The number of hydrogen-bond acceptors (Lipinski definition) is 5. The number of nitrogens with zero attached hydrogens (tertiary/aromatic N) is 6. The summed E-state index contributed by atoms with van der Waals surface area (Å²) in [5, 5.41) is 19.1. The van der Waals surface area contributed by atoms with Crippen LogP contribution in [0.2, 0.25) is 5.02 Å². The van der Waals surface area contributed by atoms with Crippen molar-refractivity contribution in [3.63, 3.8) is 0 Å². The van der Waals surface area contributed by atoms with E-state index < -0.39 is 35.2 Å². The topological polar surface area (TPSA) is 99.1 Å². The number of alkyl halides is 2. The molecule has 0 aliphatic rings. The second-order valence-corrected chi connectivity index (χ2v) is 5.97. The van der Waals surface area contributed by atoms with Crippen molar-refractivity contribution < 1.29 is 18.5 Å². The first-order valence-electron chi connectivity index (χ1n) is 7.61. The minimum atomic E-state index is -3.11. The molecule has 0 bridgehead atoms. The van der Waals surface area contributed by atoms with Gasteiger partial charge < -0.3 is 4.90 Å². The van der Waals surface area contributed by atoms with E-state index in [9.17, 15) is 23.7 Å². The fourth-order valence-corrected chi connectivity index (χ4v) is 2.56. The fraction of sp³-hybridized carbons (Fsp3) is 0.500. The predicted molar refractivity (Wildman–Crippen MR) is 88.0 cm³/mol. The van der Waals surface area contributed by atoms with Gasteiger partial charge in [0.15, 0.2) is 0 Å². The van der Waals surface area contributed by atoms with Crippen molar-refractivity contribution in [2.24, 2.45) is 0 Å². The summed E-state index contributed by atoms with van der Waals surface area (Å²) < 4.78 is 28.4. The Morgan fingerprint density at radius 1 is 1.46 bits per heavy atom. The number of carbonyl (C=O) groups excluding carboxylic acids is 1. The molecule has 0 aliphatic heterocycles. The molecule has 0 fully saturated rings. The molecule has 2 aromatic rings. The number of aryl methyl sites for hydroxylation is 1. The minimum Gasteiger partial charge on any atom is -0.338 e. The predicted octanol–water partition coefficient (Wildman–Crippen LogP) is 2.57. The van der Waals surface area contributed by atoms with Crippen LogP contribution in [0.1, 0.15) is 30.4 Å². The summed E-state index contributed by atoms with van der Waals surface area (Å²) in [7, 11) is 1.49. The molecule has 26 heavy (non-hydrogen) atoms. The third kappa shape index (κ3) is 3.98. The molecule has 0 spiro atoms. The number of carbonyl (C=O) groups is 1. The first-order valence-corrected chi connectivity index (χ1v) is 7.99. The lowest BCUT2D eigenvalue weighted by Gasteiger charge is -2.16. The van der Waals surface area contributed by atoms with E-state index in [1.807, 2.05) is 6.92 Å². The van der Waals surface area contributed by atoms with E-state index in [0.29, 0.717) is 17.3 Å². The second-order valence-electron chi connectivity index (χ2n) is 5.56. The van der Waals surface area contributed by atoms with E-state index in [1.165, 1.54) is 18.9 Å². The van der Waals surface area contributed by atoms with E-state index >= 15 is 0 Å². The van der Waals surface area contributed by atoms with Crippen LogP contribution in [-0.2, 0) is 24.4 Å². The summed E-state index contributed by atoms with van der Waals surface area (Å²) in [6.07, 6.45) is -1.48. The molecule has 0 saturated heterocycles. The van der Waals surface area contributed by atoms with Crippen LogP contribution in [0.15, 0.2) is 6.20 Å². The van der Waals surface area contributed by atoms with Gasteiger partial charge in [0.2, 0.25) is 11.6 Å². The summed E-state index contributed by atoms with van der Waals surface area (Å²) >= 11 is 6.05. The molecule has 0 saturated carbocycles. The van der Waals surface area contributed by atoms with Crippen LogP contribution in [0.4, 0.5) is 14.5 Å². The van der Waals surface area contributed by atoms with Gasteiger partial charge in [-0.3, -0.25) is 24.3 Å². The Labute approximate surface area is 152 Å². The van der Waals surface area contributed by atoms with Crippen LogP contribution in [-0.4, -0.2) is 42.3 Å². The van der Waals surface area contributed by atoms with Gasteiger partial charge in [-0.25, -0.2) is 8.78 Å². The molecule has 0 unspecified atom stereocenters. The lowest BCUT2D eigenvalue weighted by molar-refractivity contribution is -0.386. The molecule has 2 aromatic heterocycles. The van der Waals surface area contributed by atoms with Gasteiger partial charge in [0.05, 0.1) is 16.5 Å². The van der Waals surface area contributed by atoms with Gasteiger partial charge in [-0.1, -0.05) is 11.6 Å². The summed E-state index contributed by atoms with van der Waals surface area (Å²) in [4.78, 5) is 23.7. The first-order chi connectivity index (χ1) is 12.1. The van der Waals surface area contributed by atoms with E-state index in [0.717, 1.165) is 4.68 Å². The van der Waals surface area contributed by atoms with Crippen LogP contribution in [0, 0.1) is 17.0 Å². The Kier molecular flexibility index (Phi) is 5.90. The SMILES string of the molecule is CCn1cc(Cl)c(CN(C)C(=O)Cn2nc(C(F)F)c([N+](=O)[O-])c2C)n1. The quantitative estimate of drug-likeness (QED) is 0.534. The Hall–Kier alpha value is -2.56. The van der Waals surface area contributed by atoms with Gasteiger partial charge >= 0.3 is 5.69 Å². The maximum absolute atomic E-state index is 12.9. The zero-order chi connectivity index (χ0) is 19.6. The number of amides is 1. The van der Waals surface area contributed by atoms with Gasteiger partial charge in [0.1, 0.15) is 17.9 Å². The third-order valence-corrected chi connectivity index (χ3v) is 4.11. The van der Waals surface area contributed by atoms with Crippen molar-refractivity contribution in [1.29, 1.82) is 0 Å². The molecule has 0 N–H and O–H groups in total. The second kappa shape index (κ2) is 7.77. The Morgan fingerprint density at radius 2 is 2.12 bits per heavy atom. The minimum absolute atomic E-state index is 0.106. The summed E-state index contributed by atoms with van der Waals surface area (Å²) in [6, 6.07) is 0. The number of nitro groups is 1. The van der Waals surface area contributed by atoms with Crippen LogP contribution in [0.25, 0.3) is 0 Å². The van der Waals surface area contributed by atoms with E-state index in [4.69, 9.17) is 11.6 Å². The van der Waals surface area contributed by atoms with Crippen LogP contribution in [0.5, 0.6) is 0 Å². The normalized spacial score (nSPS) is 11.2. The smallest absolute Gasteiger partial charge is 0.319 e. The average Bonchev–Trinajstić information content (AvgIpc) is 3.08. The summed E-state index contributed by atoms with van der Waals surface area (Å²) in [5.74, 6) is -0.478. The molecule has 2 heterocycles. The van der Waals surface area contributed by atoms with Gasteiger partial charge in [-0.05, 0) is 13.8 Å². The number of aromatic nitrogens is 4. The highest BCUT2D eigenvalue weighted by Gasteiger charge is 2.31. The highest BCUT2D eigenvalue weighted by atomic mass is 35.5. The lowest BCUT2D eigenvalue weighted by atomic mass is 10.3. The molecular weight excluding hydrogens is 374 g/mol. The fourth-order valence-electron chi connectivity index (χ4n) is 2.35. The first kappa shape index (κ1) is 19.8. The van der Waals surface area contributed by atoms with Gasteiger partial charge in [0, 0.05) is 19.8 Å². The molecule has 2 rings (SSSR count). The molecule has 0 aliphatic carbocycles. The molecule has 142 valence electrons. The molecule has 12 heteroatoms.